The average molecular weight is 273 g/mol. The van der Waals surface area contributed by atoms with Crippen molar-refractivity contribution in [1.82, 2.24) is 9.66 Å². The second-order valence-corrected chi connectivity index (χ2v) is 4.17. The largest absolute Gasteiger partial charge is 0.273 e. The maximum atomic E-state index is 13.5. The summed E-state index contributed by atoms with van der Waals surface area (Å²) in [7, 11) is 0. The molecule has 0 fully saturated rings. The summed E-state index contributed by atoms with van der Waals surface area (Å²) in [5.41, 5.74) is 3.65. The summed E-state index contributed by atoms with van der Waals surface area (Å²) in [6.45, 7) is 0. The van der Waals surface area contributed by atoms with Gasteiger partial charge in [-0.1, -0.05) is 12.1 Å². The van der Waals surface area contributed by atoms with Gasteiger partial charge >= 0.3 is 0 Å². The predicted molar refractivity (Wildman–Crippen MR) is 69.8 cm³/mol. The van der Waals surface area contributed by atoms with Crippen molar-refractivity contribution in [3.63, 3.8) is 0 Å². The highest BCUT2D eigenvalue weighted by atomic mass is 19.1. The second kappa shape index (κ2) is 4.73. The van der Waals surface area contributed by atoms with Gasteiger partial charge in [0.1, 0.15) is 18.0 Å². The Balaban J connectivity index is 1.92. The second-order valence-electron chi connectivity index (χ2n) is 4.17. The van der Waals surface area contributed by atoms with Crippen LogP contribution in [0.15, 0.2) is 48.8 Å². The number of benzene rings is 2. The van der Waals surface area contributed by atoms with Gasteiger partial charge in [-0.15, -0.1) is 0 Å². The van der Waals surface area contributed by atoms with E-state index in [0.717, 1.165) is 12.1 Å². The minimum absolute atomic E-state index is 0.232. The van der Waals surface area contributed by atoms with Crippen molar-refractivity contribution in [3.8, 4) is 0 Å². The Morgan fingerprint density at radius 2 is 1.95 bits per heavy atom. The Bertz CT molecular complexity index is 798. The zero-order valence-corrected chi connectivity index (χ0v) is 10.2. The first-order valence-corrected chi connectivity index (χ1v) is 5.83. The van der Waals surface area contributed by atoms with Gasteiger partial charge in [0.05, 0.1) is 16.6 Å². The molecule has 3 rings (SSSR count). The molecule has 0 saturated carbocycles. The van der Waals surface area contributed by atoms with E-state index in [1.807, 2.05) is 6.07 Å². The van der Waals surface area contributed by atoms with Crippen molar-refractivity contribution < 1.29 is 13.6 Å². The summed E-state index contributed by atoms with van der Waals surface area (Å²) in [5.74, 6) is -2.32. The smallest absolute Gasteiger partial charge is 0.267 e. The molecule has 1 heterocycles. The van der Waals surface area contributed by atoms with Gasteiger partial charge in [-0.3, -0.25) is 10.2 Å². The number of hydrogen-bond donors (Lipinski definition) is 1. The van der Waals surface area contributed by atoms with Crippen molar-refractivity contribution in [2.24, 2.45) is 0 Å². The van der Waals surface area contributed by atoms with Crippen LogP contribution in [0.3, 0.4) is 0 Å². The lowest BCUT2D eigenvalue weighted by Crippen LogP contribution is -2.23. The number of hydrogen-bond acceptors (Lipinski definition) is 2. The molecule has 0 aliphatic carbocycles. The van der Waals surface area contributed by atoms with Crippen LogP contribution < -0.4 is 5.43 Å². The minimum Gasteiger partial charge on any atom is -0.267 e. The molecular formula is C14H9F2N3O. The van der Waals surface area contributed by atoms with Crippen molar-refractivity contribution in [2.75, 3.05) is 5.43 Å². The third-order valence-electron chi connectivity index (χ3n) is 2.85. The number of halogens is 2. The molecular weight excluding hydrogens is 264 g/mol. The molecule has 20 heavy (non-hydrogen) atoms. The SMILES string of the molecule is O=C(Nn1cnc2ccccc21)c1ccc(F)cc1F. The molecule has 6 heteroatoms. The van der Waals surface area contributed by atoms with Crippen LogP contribution in [0.5, 0.6) is 0 Å². The first kappa shape index (κ1) is 12.3. The fourth-order valence-corrected chi connectivity index (χ4v) is 1.89. The average Bonchev–Trinajstić information content (AvgIpc) is 2.82. The number of rotatable bonds is 2. The number of fused-ring (bicyclic) bond motifs is 1. The number of aromatic nitrogens is 2. The Labute approximate surface area is 112 Å². The molecule has 4 nitrogen and oxygen atoms in total. The van der Waals surface area contributed by atoms with Gasteiger partial charge in [-0.05, 0) is 24.3 Å². The summed E-state index contributed by atoms with van der Waals surface area (Å²) in [6, 6.07) is 9.97. The van der Waals surface area contributed by atoms with Gasteiger partial charge in [-0.25, -0.2) is 18.4 Å². The Kier molecular flexibility index (Phi) is 2.90. The van der Waals surface area contributed by atoms with Crippen molar-refractivity contribution in [3.05, 3.63) is 66.0 Å². The predicted octanol–water partition coefficient (Wildman–Crippen LogP) is 2.70. The molecule has 0 spiro atoms. The lowest BCUT2D eigenvalue weighted by atomic mass is 10.2. The van der Waals surface area contributed by atoms with Crippen LogP contribution in [0.2, 0.25) is 0 Å². The fourth-order valence-electron chi connectivity index (χ4n) is 1.89. The first-order valence-electron chi connectivity index (χ1n) is 5.83. The molecule has 100 valence electrons. The Morgan fingerprint density at radius 1 is 1.15 bits per heavy atom. The zero-order valence-electron chi connectivity index (χ0n) is 10.2. The number of carbonyl (C=O) groups is 1. The van der Waals surface area contributed by atoms with Crippen molar-refractivity contribution in [2.45, 2.75) is 0 Å². The molecule has 1 N–H and O–H groups in total. The van der Waals surface area contributed by atoms with Gasteiger partial charge in [-0.2, -0.15) is 0 Å². The molecule has 0 saturated heterocycles. The minimum atomic E-state index is -0.910. The highest BCUT2D eigenvalue weighted by molar-refractivity contribution is 6.00. The molecule has 0 bridgehead atoms. The van der Waals surface area contributed by atoms with Gasteiger partial charge < -0.3 is 0 Å². The number of carbonyl (C=O) groups excluding carboxylic acids is 1. The van der Waals surface area contributed by atoms with Gasteiger partial charge in [0, 0.05) is 6.07 Å². The number of nitrogens with zero attached hydrogens (tertiary/aromatic N) is 2. The lowest BCUT2D eigenvalue weighted by Gasteiger charge is -2.07. The van der Waals surface area contributed by atoms with Crippen LogP contribution in [0.25, 0.3) is 11.0 Å². The van der Waals surface area contributed by atoms with Gasteiger partial charge in [0.15, 0.2) is 0 Å². The zero-order chi connectivity index (χ0) is 14.1. The normalized spacial score (nSPS) is 10.7. The summed E-state index contributed by atoms with van der Waals surface area (Å²) < 4.78 is 27.7. The number of para-hydroxylation sites is 2. The third kappa shape index (κ3) is 2.11. The molecule has 0 radical (unpaired) electrons. The number of amides is 1. The standard InChI is InChI=1S/C14H9F2N3O/c15-9-5-6-10(11(16)7-9)14(20)18-19-8-17-12-3-1-2-4-13(12)19/h1-8H,(H,18,20). The quantitative estimate of drug-likeness (QED) is 0.780. The lowest BCUT2D eigenvalue weighted by molar-refractivity contribution is 0.100. The van der Waals surface area contributed by atoms with Crippen molar-refractivity contribution in [1.29, 1.82) is 0 Å². The third-order valence-corrected chi connectivity index (χ3v) is 2.85. The van der Waals surface area contributed by atoms with Crippen LogP contribution in [0, 0.1) is 11.6 Å². The van der Waals surface area contributed by atoms with E-state index in [-0.39, 0.29) is 5.56 Å². The van der Waals surface area contributed by atoms with Crippen LogP contribution >= 0.6 is 0 Å². The van der Waals surface area contributed by atoms with Gasteiger partial charge in [0.25, 0.3) is 5.91 Å². The maximum Gasteiger partial charge on any atom is 0.273 e. The molecule has 0 atom stereocenters. The molecule has 1 aromatic heterocycles. The summed E-state index contributed by atoms with van der Waals surface area (Å²) in [5, 5.41) is 0. The summed E-state index contributed by atoms with van der Waals surface area (Å²) in [4.78, 5) is 16.1. The summed E-state index contributed by atoms with van der Waals surface area (Å²) in [6.07, 6.45) is 1.42. The maximum absolute atomic E-state index is 13.5. The fraction of sp³-hybridized carbons (Fsp3) is 0. The topological polar surface area (TPSA) is 46.9 Å². The van der Waals surface area contributed by atoms with E-state index >= 15 is 0 Å². The molecule has 0 aliphatic heterocycles. The van der Waals surface area contributed by atoms with E-state index in [0.29, 0.717) is 17.1 Å². The van der Waals surface area contributed by atoms with Crippen LogP contribution in [0.1, 0.15) is 10.4 Å². The van der Waals surface area contributed by atoms with E-state index in [2.05, 4.69) is 10.4 Å². The van der Waals surface area contributed by atoms with Crippen LogP contribution in [-0.2, 0) is 0 Å². The van der Waals surface area contributed by atoms with Gasteiger partial charge in [0.2, 0.25) is 0 Å². The number of imidazole rings is 1. The Morgan fingerprint density at radius 3 is 2.75 bits per heavy atom. The monoisotopic (exact) mass is 273 g/mol. The van der Waals surface area contributed by atoms with E-state index in [1.165, 1.54) is 11.0 Å². The first-order chi connectivity index (χ1) is 9.65. The highest BCUT2D eigenvalue weighted by Gasteiger charge is 2.13. The van der Waals surface area contributed by atoms with E-state index < -0.39 is 17.5 Å². The van der Waals surface area contributed by atoms with E-state index in [4.69, 9.17) is 0 Å². The highest BCUT2D eigenvalue weighted by Crippen LogP contribution is 2.12. The van der Waals surface area contributed by atoms with Crippen LogP contribution in [0.4, 0.5) is 8.78 Å². The molecule has 3 aromatic rings. The number of nitrogens with one attached hydrogen (secondary N) is 1. The molecule has 1 amide bonds. The van der Waals surface area contributed by atoms with E-state index in [9.17, 15) is 13.6 Å². The Hall–Kier alpha value is -2.76. The molecule has 2 aromatic carbocycles. The molecule has 0 unspecified atom stereocenters. The molecule has 0 aliphatic rings. The van der Waals surface area contributed by atoms with Crippen molar-refractivity contribution >= 4 is 16.9 Å². The van der Waals surface area contributed by atoms with Crippen LogP contribution in [-0.4, -0.2) is 15.6 Å². The van der Waals surface area contributed by atoms with E-state index in [1.54, 1.807) is 18.2 Å². The summed E-state index contributed by atoms with van der Waals surface area (Å²) >= 11 is 0.